The van der Waals surface area contributed by atoms with Crippen LogP contribution in [-0.4, -0.2) is 6.54 Å². The van der Waals surface area contributed by atoms with E-state index in [-0.39, 0.29) is 5.82 Å². The highest BCUT2D eigenvalue weighted by atomic mass is 79.9. The van der Waals surface area contributed by atoms with Gasteiger partial charge in [0, 0.05) is 16.7 Å². The summed E-state index contributed by atoms with van der Waals surface area (Å²) in [5.74, 6) is -0.288. The predicted octanol–water partition coefficient (Wildman–Crippen LogP) is 4.62. The van der Waals surface area contributed by atoms with E-state index in [9.17, 15) is 9.65 Å². The van der Waals surface area contributed by atoms with Crippen LogP contribution in [0.1, 0.15) is 12.5 Å². The minimum Gasteiger partial charge on any atom is -0.341 e. The normalized spacial score (nSPS) is 10.0. The molecule has 0 spiro atoms. The van der Waals surface area contributed by atoms with Crippen LogP contribution < -0.4 is 4.90 Å². The van der Waals surface area contributed by atoms with Gasteiger partial charge in [-0.05, 0) is 53.2 Å². The lowest BCUT2D eigenvalue weighted by Gasteiger charge is -2.24. The zero-order chi connectivity index (χ0) is 13.8. The third-order valence-corrected chi connectivity index (χ3v) is 3.49. The molecule has 2 aromatic rings. The van der Waals surface area contributed by atoms with E-state index in [1.165, 1.54) is 12.1 Å². The lowest BCUT2D eigenvalue weighted by molar-refractivity contribution is 0.627. The molecule has 2 rings (SSSR count). The molecule has 0 aliphatic carbocycles. The summed E-state index contributed by atoms with van der Waals surface area (Å²) in [5.41, 5.74) is 2.05. The molecule has 0 unspecified atom stereocenters. The zero-order valence-corrected chi connectivity index (χ0v) is 12.0. The van der Waals surface area contributed by atoms with Crippen LogP contribution in [0.15, 0.2) is 46.9 Å². The second kappa shape index (κ2) is 5.85. The van der Waals surface area contributed by atoms with Crippen LogP contribution in [0.5, 0.6) is 0 Å². The molecule has 0 N–H and O–H groups in total. The van der Waals surface area contributed by atoms with Crippen LogP contribution in [0.2, 0.25) is 0 Å². The second-order valence-electron chi connectivity index (χ2n) is 3.97. The second-order valence-corrected chi connectivity index (χ2v) is 4.82. The van der Waals surface area contributed by atoms with Gasteiger partial charge >= 0.3 is 0 Å². The molecule has 0 bridgehead atoms. The Morgan fingerprint density at radius 3 is 2.63 bits per heavy atom. The summed E-state index contributed by atoms with van der Waals surface area (Å²) in [6.45, 7) is 2.61. The van der Waals surface area contributed by atoms with E-state index in [0.717, 1.165) is 15.8 Å². The Balaban J connectivity index is 2.55. The number of halogens is 2. The number of hydrogen-bond donors (Lipinski definition) is 0. The molecule has 0 aliphatic rings. The topological polar surface area (TPSA) is 27.0 Å². The van der Waals surface area contributed by atoms with Gasteiger partial charge in [-0.2, -0.15) is 5.26 Å². The van der Waals surface area contributed by atoms with E-state index in [2.05, 4.69) is 22.0 Å². The van der Waals surface area contributed by atoms with Gasteiger partial charge in [0.05, 0.1) is 11.3 Å². The van der Waals surface area contributed by atoms with Gasteiger partial charge in [0.2, 0.25) is 0 Å². The predicted molar refractivity (Wildman–Crippen MR) is 77.9 cm³/mol. The molecule has 96 valence electrons. The van der Waals surface area contributed by atoms with E-state index in [1.807, 2.05) is 36.1 Å². The van der Waals surface area contributed by atoms with Gasteiger partial charge in [-0.15, -0.1) is 0 Å². The number of nitriles is 1. The highest BCUT2D eigenvalue weighted by molar-refractivity contribution is 9.10. The van der Waals surface area contributed by atoms with Crippen LogP contribution in [0.25, 0.3) is 0 Å². The Morgan fingerprint density at radius 1 is 1.26 bits per heavy atom. The van der Waals surface area contributed by atoms with Crippen LogP contribution in [-0.2, 0) is 0 Å². The third kappa shape index (κ3) is 2.77. The van der Waals surface area contributed by atoms with Gasteiger partial charge in [0.25, 0.3) is 0 Å². The van der Waals surface area contributed by atoms with Crippen LogP contribution in [0, 0.1) is 17.1 Å². The summed E-state index contributed by atoms with van der Waals surface area (Å²) in [5, 5.41) is 9.26. The zero-order valence-electron chi connectivity index (χ0n) is 10.4. The third-order valence-electron chi connectivity index (χ3n) is 2.83. The van der Waals surface area contributed by atoms with Crippen molar-refractivity contribution < 1.29 is 4.39 Å². The maximum atomic E-state index is 13.3. The summed E-state index contributed by atoms with van der Waals surface area (Å²) in [6.07, 6.45) is 0. The fourth-order valence-electron chi connectivity index (χ4n) is 1.98. The molecule has 2 nitrogen and oxygen atoms in total. The number of nitrogens with zero attached hydrogens (tertiary/aromatic N) is 2. The Hall–Kier alpha value is -1.86. The van der Waals surface area contributed by atoms with Gasteiger partial charge in [0.1, 0.15) is 11.9 Å². The molecule has 0 radical (unpaired) electrons. The van der Waals surface area contributed by atoms with E-state index in [1.54, 1.807) is 6.07 Å². The molecule has 0 saturated carbocycles. The monoisotopic (exact) mass is 318 g/mol. The van der Waals surface area contributed by atoms with Crippen molar-refractivity contribution in [2.75, 3.05) is 11.4 Å². The first-order valence-electron chi connectivity index (χ1n) is 5.89. The molecule has 19 heavy (non-hydrogen) atoms. The lowest BCUT2D eigenvalue weighted by atomic mass is 10.1. The highest BCUT2D eigenvalue weighted by Crippen LogP contribution is 2.32. The van der Waals surface area contributed by atoms with Crippen molar-refractivity contribution in [2.24, 2.45) is 0 Å². The van der Waals surface area contributed by atoms with Crippen molar-refractivity contribution in [1.82, 2.24) is 0 Å². The maximum absolute atomic E-state index is 13.3. The van der Waals surface area contributed by atoms with Gasteiger partial charge in [-0.1, -0.05) is 12.1 Å². The summed E-state index contributed by atoms with van der Waals surface area (Å²) < 4.78 is 14.1. The summed E-state index contributed by atoms with van der Waals surface area (Å²) in [7, 11) is 0. The first-order chi connectivity index (χ1) is 9.17. The van der Waals surface area contributed by atoms with Crippen molar-refractivity contribution in [3.63, 3.8) is 0 Å². The average molecular weight is 319 g/mol. The first kappa shape index (κ1) is 13.6. The average Bonchev–Trinajstić information content (AvgIpc) is 2.40. The number of anilines is 2. The SMILES string of the molecule is CCN(c1cccc(F)c1)c1cccc(Br)c1C#N. The quantitative estimate of drug-likeness (QED) is 0.825. The number of rotatable bonds is 3. The van der Waals surface area contributed by atoms with Crippen LogP contribution >= 0.6 is 15.9 Å². The minimum atomic E-state index is -0.288. The van der Waals surface area contributed by atoms with E-state index < -0.39 is 0 Å². The Morgan fingerprint density at radius 2 is 2.00 bits per heavy atom. The van der Waals surface area contributed by atoms with E-state index >= 15 is 0 Å². The Kier molecular flexibility index (Phi) is 4.18. The molecular formula is C15H12BrFN2. The Labute approximate surface area is 120 Å². The van der Waals surface area contributed by atoms with Crippen molar-refractivity contribution in [3.8, 4) is 6.07 Å². The van der Waals surface area contributed by atoms with Crippen molar-refractivity contribution in [2.45, 2.75) is 6.92 Å². The summed E-state index contributed by atoms with van der Waals surface area (Å²) >= 11 is 3.37. The molecule has 0 aromatic heterocycles. The van der Waals surface area contributed by atoms with Crippen LogP contribution in [0.3, 0.4) is 0 Å². The molecule has 0 heterocycles. The molecule has 0 amide bonds. The van der Waals surface area contributed by atoms with Crippen LogP contribution in [0.4, 0.5) is 15.8 Å². The largest absolute Gasteiger partial charge is 0.341 e. The van der Waals surface area contributed by atoms with Crippen molar-refractivity contribution in [3.05, 3.63) is 58.3 Å². The highest BCUT2D eigenvalue weighted by Gasteiger charge is 2.14. The minimum absolute atomic E-state index is 0.288. The lowest BCUT2D eigenvalue weighted by Crippen LogP contribution is -2.17. The molecule has 0 saturated heterocycles. The van der Waals surface area contributed by atoms with E-state index in [4.69, 9.17) is 0 Å². The number of hydrogen-bond acceptors (Lipinski definition) is 2. The fraction of sp³-hybridized carbons (Fsp3) is 0.133. The standard InChI is InChI=1S/C15H12BrFN2/c1-2-19(12-6-3-5-11(17)9-12)15-8-4-7-14(16)13(15)10-18/h3-9H,2H2,1H3. The van der Waals surface area contributed by atoms with Gasteiger partial charge in [-0.25, -0.2) is 4.39 Å². The smallest absolute Gasteiger partial charge is 0.125 e. The summed E-state index contributed by atoms with van der Waals surface area (Å²) in [4.78, 5) is 1.91. The van der Waals surface area contributed by atoms with Crippen molar-refractivity contribution in [1.29, 1.82) is 5.26 Å². The van der Waals surface area contributed by atoms with E-state index in [0.29, 0.717) is 12.1 Å². The molecule has 4 heteroatoms. The Bertz CT molecular complexity index is 634. The molecule has 0 fully saturated rings. The first-order valence-corrected chi connectivity index (χ1v) is 6.68. The van der Waals surface area contributed by atoms with Gasteiger partial charge in [0.15, 0.2) is 0 Å². The fourth-order valence-corrected chi connectivity index (χ4v) is 2.43. The summed E-state index contributed by atoms with van der Waals surface area (Å²) in [6, 6.07) is 14.1. The number of benzene rings is 2. The van der Waals surface area contributed by atoms with Gasteiger partial charge in [-0.3, -0.25) is 0 Å². The van der Waals surface area contributed by atoms with Crippen molar-refractivity contribution >= 4 is 27.3 Å². The molecule has 0 aliphatic heterocycles. The molecule has 0 atom stereocenters. The molecular weight excluding hydrogens is 307 g/mol. The van der Waals surface area contributed by atoms with Gasteiger partial charge < -0.3 is 4.90 Å². The maximum Gasteiger partial charge on any atom is 0.125 e. The molecule has 2 aromatic carbocycles.